The third kappa shape index (κ3) is 2.00. The molecule has 2 aromatic carbocycles. The van der Waals surface area contributed by atoms with Crippen molar-refractivity contribution in [2.45, 2.75) is 0 Å². The van der Waals surface area contributed by atoms with E-state index in [1.165, 1.54) is 0 Å². The number of hydrogen-bond donors (Lipinski definition) is 0. The number of para-hydroxylation sites is 2. The van der Waals surface area contributed by atoms with Gasteiger partial charge in [0, 0.05) is 0 Å². The van der Waals surface area contributed by atoms with Gasteiger partial charge in [-0.3, -0.25) is 0 Å². The summed E-state index contributed by atoms with van der Waals surface area (Å²) in [6.45, 7) is 0. The van der Waals surface area contributed by atoms with E-state index in [1.807, 2.05) is 18.2 Å². The molecule has 3 nitrogen and oxygen atoms in total. The second kappa shape index (κ2) is 4.41. The molecule has 0 unspecified atom stereocenters. The molecule has 0 radical (unpaired) electrons. The van der Waals surface area contributed by atoms with Crippen LogP contribution in [0.3, 0.4) is 0 Å². The second-order valence-electron chi connectivity index (χ2n) is 3.73. The van der Waals surface area contributed by atoms with E-state index in [0.717, 1.165) is 0 Å². The number of fused-ring (bicyclic) bond motifs is 1. The SMILES string of the molecule is Fc1nc(Oc2ccccc2)nc2ccccc12. The molecule has 4 heteroatoms. The van der Waals surface area contributed by atoms with Crippen LogP contribution in [-0.4, -0.2) is 9.97 Å². The summed E-state index contributed by atoms with van der Waals surface area (Å²) in [5.41, 5.74) is 0.524. The van der Waals surface area contributed by atoms with Gasteiger partial charge in [0.25, 0.3) is 0 Å². The summed E-state index contributed by atoms with van der Waals surface area (Å²) < 4.78 is 19.1. The largest absolute Gasteiger partial charge is 0.424 e. The lowest BCUT2D eigenvalue weighted by atomic mass is 10.2. The van der Waals surface area contributed by atoms with Crippen LogP contribution in [0.15, 0.2) is 54.6 Å². The van der Waals surface area contributed by atoms with Gasteiger partial charge >= 0.3 is 6.01 Å². The number of aromatic nitrogens is 2. The van der Waals surface area contributed by atoms with Gasteiger partial charge in [-0.25, -0.2) is 0 Å². The molecule has 0 aliphatic rings. The van der Waals surface area contributed by atoms with Crippen LogP contribution < -0.4 is 4.74 Å². The molecular weight excluding hydrogens is 231 g/mol. The first-order chi connectivity index (χ1) is 8.83. The van der Waals surface area contributed by atoms with Crippen molar-refractivity contribution >= 4 is 10.9 Å². The number of hydrogen-bond acceptors (Lipinski definition) is 3. The predicted octanol–water partition coefficient (Wildman–Crippen LogP) is 3.56. The molecule has 0 N–H and O–H groups in total. The van der Waals surface area contributed by atoms with Crippen molar-refractivity contribution in [1.29, 1.82) is 0 Å². The van der Waals surface area contributed by atoms with E-state index in [9.17, 15) is 4.39 Å². The van der Waals surface area contributed by atoms with Gasteiger partial charge in [-0.2, -0.15) is 14.4 Å². The van der Waals surface area contributed by atoms with Crippen LogP contribution in [0.2, 0.25) is 0 Å². The third-order valence-electron chi connectivity index (χ3n) is 2.49. The number of ether oxygens (including phenoxy) is 1. The van der Waals surface area contributed by atoms with Crippen LogP contribution in [-0.2, 0) is 0 Å². The summed E-state index contributed by atoms with van der Waals surface area (Å²) >= 11 is 0. The van der Waals surface area contributed by atoms with Gasteiger partial charge in [-0.1, -0.05) is 30.3 Å². The molecule has 3 aromatic rings. The van der Waals surface area contributed by atoms with Crippen LogP contribution >= 0.6 is 0 Å². The lowest BCUT2D eigenvalue weighted by Crippen LogP contribution is -1.95. The molecule has 0 aliphatic heterocycles. The van der Waals surface area contributed by atoms with E-state index >= 15 is 0 Å². The smallest absolute Gasteiger partial charge is 0.325 e. The minimum atomic E-state index is -0.577. The highest BCUT2D eigenvalue weighted by Gasteiger charge is 2.08. The minimum Gasteiger partial charge on any atom is -0.424 e. The lowest BCUT2D eigenvalue weighted by Gasteiger charge is -2.04. The molecule has 0 spiro atoms. The number of benzene rings is 2. The number of rotatable bonds is 2. The summed E-state index contributed by atoms with van der Waals surface area (Å²) in [5, 5.41) is 0.387. The zero-order valence-corrected chi connectivity index (χ0v) is 9.38. The molecule has 0 aliphatic carbocycles. The quantitative estimate of drug-likeness (QED) is 0.642. The maximum atomic E-state index is 13.7. The monoisotopic (exact) mass is 240 g/mol. The highest BCUT2D eigenvalue weighted by atomic mass is 19.1. The van der Waals surface area contributed by atoms with Crippen molar-refractivity contribution in [3.05, 3.63) is 60.5 Å². The van der Waals surface area contributed by atoms with Crippen molar-refractivity contribution in [1.82, 2.24) is 9.97 Å². The van der Waals surface area contributed by atoms with Crippen LogP contribution in [0.4, 0.5) is 4.39 Å². The van der Waals surface area contributed by atoms with E-state index in [4.69, 9.17) is 4.74 Å². The fourth-order valence-electron chi connectivity index (χ4n) is 1.66. The fourth-order valence-corrected chi connectivity index (χ4v) is 1.66. The van der Waals surface area contributed by atoms with E-state index in [2.05, 4.69) is 9.97 Å². The summed E-state index contributed by atoms with van der Waals surface area (Å²) in [6.07, 6.45) is 0. The minimum absolute atomic E-state index is 0.0115. The van der Waals surface area contributed by atoms with Crippen LogP contribution in [0.1, 0.15) is 0 Å². The zero-order valence-electron chi connectivity index (χ0n) is 9.38. The molecule has 0 amide bonds. The maximum Gasteiger partial charge on any atom is 0.325 e. The molecule has 0 saturated carbocycles. The zero-order chi connectivity index (χ0) is 12.4. The van der Waals surface area contributed by atoms with E-state index in [-0.39, 0.29) is 6.01 Å². The predicted molar refractivity (Wildman–Crippen MR) is 66.0 cm³/mol. The Morgan fingerprint density at radius 3 is 2.39 bits per heavy atom. The molecule has 1 heterocycles. The lowest BCUT2D eigenvalue weighted by molar-refractivity contribution is 0.429. The molecule has 0 atom stereocenters. The van der Waals surface area contributed by atoms with E-state index in [0.29, 0.717) is 16.7 Å². The molecular formula is C14H9FN2O. The third-order valence-corrected chi connectivity index (χ3v) is 2.49. The number of halogens is 1. The fraction of sp³-hybridized carbons (Fsp3) is 0. The van der Waals surface area contributed by atoms with Gasteiger partial charge in [0.1, 0.15) is 5.75 Å². The molecule has 0 fully saturated rings. The van der Waals surface area contributed by atoms with Gasteiger partial charge in [-0.05, 0) is 24.3 Å². The Morgan fingerprint density at radius 1 is 0.833 bits per heavy atom. The highest BCUT2D eigenvalue weighted by Crippen LogP contribution is 2.21. The van der Waals surface area contributed by atoms with Gasteiger partial charge < -0.3 is 4.74 Å². The highest BCUT2D eigenvalue weighted by molar-refractivity contribution is 5.78. The average molecular weight is 240 g/mol. The molecule has 88 valence electrons. The van der Waals surface area contributed by atoms with Crippen molar-refractivity contribution in [3.8, 4) is 11.8 Å². The van der Waals surface area contributed by atoms with Crippen LogP contribution in [0, 0.1) is 5.95 Å². The molecule has 3 rings (SSSR count). The summed E-state index contributed by atoms with van der Waals surface area (Å²) in [4.78, 5) is 7.85. The Bertz CT molecular complexity index is 686. The first-order valence-electron chi connectivity index (χ1n) is 5.48. The Balaban J connectivity index is 2.03. The Morgan fingerprint density at radius 2 is 1.56 bits per heavy atom. The Hall–Kier alpha value is -2.49. The van der Waals surface area contributed by atoms with Crippen molar-refractivity contribution in [2.75, 3.05) is 0 Å². The summed E-state index contributed by atoms with van der Waals surface area (Å²) in [5.74, 6) is -0.00119. The normalized spacial score (nSPS) is 10.5. The first-order valence-corrected chi connectivity index (χ1v) is 5.48. The number of nitrogens with zero attached hydrogens (tertiary/aromatic N) is 2. The van der Waals surface area contributed by atoms with E-state index in [1.54, 1.807) is 36.4 Å². The summed E-state index contributed by atoms with van der Waals surface area (Å²) in [7, 11) is 0. The Labute approximate surface area is 103 Å². The van der Waals surface area contributed by atoms with Gasteiger partial charge in [0.15, 0.2) is 0 Å². The molecule has 0 saturated heterocycles. The Kier molecular flexibility index (Phi) is 2.61. The summed E-state index contributed by atoms with van der Waals surface area (Å²) in [6, 6.07) is 15.9. The van der Waals surface area contributed by atoms with Gasteiger partial charge in [0.2, 0.25) is 5.95 Å². The standard InChI is InChI=1S/C14H9FN2O/c15-13-11-8-4-5-9-12(11)16-14(17-13)18-10-6-2-1-3-7-10/h1-9H. The average Bonchev–Trinajstić information content (AvgIpc) is 2.40. The molecule has 0 bridgehead atoms. The molecule has 1 aromatic heterocycles. The van der Waals surface area contributed by atoms with Crippen LogP contribution in [0.5, 0.6) is 11.8 Å². The van der Waals surface area contributed by atoms with Gasteiger partial charge in [0.05, 0.1) is 10.9 Å². The van der Waals surface area contributed by atoms with Crippen LogP contribution in [0.25, 0.3) is 10.9 Å². The second-order valence-corrected chi connectivity index (χ2v) is 3.73. The maximum absolute atomic E-state index is 13.7. The van der Waals surface area contributed by atoms with Gasteiger partial charge in [-0.15, -0.1) is 0 Å². The molecule has 18 heavy (non-hydrogen) atoms. The van der Waals surface area contributed by atoms with Crippen molar-refractivity contribution < 1.29 is 9.13 Å². The van der Waals surface area contributed by atoms with Crippen molar-refractivity contribution in [2.24, 2.45) is 0 Å². The topological polar surface area (TPSA) is 35.0 Å². The van der Waals surface area contributed by atoms with E-state index < -0.39 is 5.95 Å². The first kappa shape index (κ1) is 10.7. The van der Waals surface area contributed by atoms with Crippen molar-refractivity contribution in [3.63, 3.8) is 0 Å².